The van der Waals surface area contributed by atoms with Crippen molar-refractivity contribution in [3.63, 3.8) is 0 Å². The van der Waals surface area contributed by atoms with Gasteiger partial charge in [0.2, 0.25) is 0 Å². The second-order valence-corrected chi connectivity index (χ2v) is 5.62. The lowest BCUT2D eigenvalue weighted by molar-refractivity contribution is 0.606. The van der Waals surface area contributed by atoms with Crippen LogP contribution < -0.4 is 0 Å². The third-order valence-corrected chi connectivity index (χ3v) is 3.99. The third kappa shape index (κ3) is 4.11. The molecule has 19 heavy (non-hydrogen) atoms. The lowest BCUT2D eigenvalue weighted by atomic mass is 9.90. The summed E-state index contributed by atoms with van der Waals surface area (Å²) in [5, 5.41) is 0.814. The Hall–Kier alpha value is -1.27. The molecule has 0 amide bonds. The fourth-order valence-electron chi connectivity index (χ4n) is 2.44. The number of halogens is 1. The van der Waals surface area contributed by atoms with Crippen LogP contribution in [0.5, 0.6) is 0 Å². The normalized spacial score (nSPS) is 12.4. The molecule has 0 aliphatic carbocycles. The van der Waals surface area contributed by atoms with Crippen molar-refractivity contribution in [1.29, 1.82) is 0 Å². The van der Waals surface area contributed by atoms with Gasteiger partial charge in [0.25, 0.3) is 0 Å². The molecule has 0 radical (unpaired) electrons. The van der Waals surface area contributed by atoms with Gasteiger partial charge in [-0.15, -0.1) is 0 Å². The summed E-state index contributed by atoms with van der Waals surface area (Å²) in [6, 6.07) is 17.2. The monoisotopic (exact) mass is 272 g/mol. The minimum atomic E-state index is 0.649. The first-order valence-electron chi connectivity index (χ1n) is 7.00. The van der Waals surface area contributed by atoms with E-state index >= 15 is 0 Å². The first-order valence-corrected chi connectivity index (χ1v) is 7.38. The van der Waals surface area contributed by atoms with Gasteiger partial charge in [-0.05, 0) is 55.4 Å². The van der Waals surface area contributed by atoms with Crippen molar-refractivity contribution in [1.82, 2.24) is 0 Å². The van der Waals surface area contributed by atoms with E-state index in [0.717, 1.165) is 11.4 Å². The molecule has 0 spiro atoms. The Bertz CT molecular complexity index is 496. The highest BCUT2D eigenvalue weighted by Crippen LogP contribution is 2.25. The molecule has 1 heteroatoms. The van der Waals surface area contributed by atoms with Crippen molar-refractivity contribution < 1.29 is 0 Å². The molecule has 2 rings (SSSR count). The van der Waals surface area contributed by atoms with E-state index in [4.69, 9.17) is 11.6 Å². The van der Waals surface area contributed by atoms with Crippen molar-refractivity contribution >= 4 is 11.6 Å². The largest absolute Gasteiger partial charge is 0.0843 e. The smallest absolute Gasteiger partial charge is 0.0406 e. The van der Waals surface area contributed by atoms with Gasteiger partial charge in [0.1, 0.15) is 0 Å². The van der Waals surface area contributed by atoms with Crippen LogP contribution in [0.3, 0.4) is 0 Å². The molecule has 0 nitrogen and oxygen atoms in total. The van der Waals surface area contributed by atoms with Gasteiger partial charge in [0.05, 0.1) is 0 Å². The SMILES string of the molecule is CCC(CCc1ccc(Cl)cc1)c1ccc(C)cc1. The Balaban J connectivity index is 1.99. The molecule has 0 saturated carbocycles. The first kappa shape index (κ1) is 14.1. The zero-order valence-corrected chi connectivity index (χ0v) is 12.5. The fraction of sp³-hybridized carbons (Fsp3) is 0.333. The van der Waals surface area contributed by atoms with Crippen LogP contribution in [0.15, 0.2) is 48.5 Å². The van der Waals surface area contributed by atoms with Gasteiger partial charge < -0.3 is 0 Å². The average molecular weight is 273 g/mol. The average Bonchev–Trinajstić information content (AvgIpc) is 2.43. The summed E-state index contributed by atoms with van der Waals surface area (Å²) in [7, 11) is 0. The predicted octanol–water partition coefficient (Wildman–Crippen LogP) is 5.77. The number of benzene rings is 2. The van der Waals surface area contributed by atoms with Gasteiger partial charge in [-0.3, -0.25) is 0 Å². The maximum atomic E-state index is 5.91. The Labute approximate surface area is 121 Å². The van der Waals surface area contributed by atoms with Gasteiger partial charge in [0, 0.05) is 5.02 Å². The van der Waals surface area contributed by atoms with Crippen molar-refractivity contribution in [2.24, 2.45) is 0 Å². The quantitative estimate of drug-likeness (QED) is 0.648. The van der Waals surface area contributed by atoms with E-state index in [0.29, 0.717) is 5.92 Å². The minimum Gasteiger partial charge on any atom is -0.0843 e. The minimum absolute atomic E-state index is 0.649. The van der Waals surface area contributed by atoms with Crippen molar-refractivity contribution in [3.05, 3.63) is 70.2 Å². The van der Waals surface area contributed by atoms with Crippen LogP contribution in [0.2, 0.25) is 5.02 Å². The summed E-state index contributed by atoms with van der Waals surface area (Å²) < 4.78 is 0. The molecular weight excluding hydrogens is 252 g/mol. The lowest BCUT2D eigenvalue weighted by Gasteiger charge is -2.15. The molecule has 0 aliphatic heterocycles. The van der Waals surface area contributed by atoms with Crippen molar-refractivity contribution in [3.8, 4) is 0 Å². The molecule has 100 valence electrons. The third-order valence-electron chi connectivity index (χ3n) is 3.74. The highest BCUT2D eigenvalue weighted by Gasteiger charge is 2.09. The van der Waals surface area contributed by atoms with Gasteiger partial charge in [-0.2, -0.15) is 0 Å². The fourth-order valence-corrected chi connectivity index (χ4v) is 2.56. The Morgan fingerprint density at radius 3 is 2.16 bits per heavy atom. The Kier molecular flexibility index (Phi) is 5.04. The predicted molar refractivity (Wildman–Crippen MR) is 84.0 cm³/mol. The molecule has 0 aromatic heterocycles. The van der Waals surface area contributed by atoms with Crippen LogP contribution in [0.25, 0.3) is 0 Å². The highest BCUT2D eigenvalue weighted by molar-refractivity contribution is 6.30. The Morgan fingerprint density at radius 1 is 0.947 bits per heavy atom. The number of rotatable bonds is 5. The van der Waals surface area contributed by atoms with Crippen LogP contribution in [0.1, 0.15) is 42.4 Å². The zero-order valence-electron chi connectivity index (χ0n) is 11.7. The summed E-state index contributed by atoms with van der Waals surface area (Å²) in [6.45, 7) is 4.41. The number of hydrogen-bond acceptors (Lipinski definition) is 0. The van der Waals surface area contributed by atoms with E-state index in [1.165, 1.54) is 29.5 Å². The van der Waals surface area contributed by atoms with Gasteiger partial charge in [-0.1, -0.05) is 60.5 Å². The van der Waals surface area contributed by atoms with E-state index in [9.17, 15) is 0 Å². The van der Waals surface area contributed by atoms with Crippen LogP contribution in [0.4, 0.5) is 0 Å². The van der Waals surface area contributed by atoms with E-state index in [1.807, 2.05) is 12.1 Å². The second kappa shape index (κ2) is 6.77. The van der Waals surface area contributed by atoms with E-state index in [1.54, 1.807) is 0 Å². The molecule has 1 atom stereocenters. The summed E-state index contributed by atoms with van der Waals surface area (Å²) in [5.41, 5.74) is 4.16. The van der Waals surface area contributed by atoms with Crippen LogP contribution in [0, 0.1) is 6.92 Å². The Morgan fingerprint density at radius 2 is 1.58 bits per heavy atom. The second-order valence-electron chi connectivity index (χ2n) is 5.18. The topological polar surface area (TPSA) is 0 Å². The molecule has 0 aliphatic rings. The molecule has 0 bridgehead atoms. The van der Waals surface area contributed by atoms with Crippen LogP contribution >= 0.6 is 11.6 Å². The summed E-state index contributed by atoms with van der Waals surface area (Å²) in [6.07, 6.45) is 3.50. The molecular formula is C18H21Cl. The number of hydrogen-bond donors (Lipinski definition) is 0. The summed E-state index contributed by atoms with van der Waals surface area (Å²) >= 11 is 5.91. The van der Waals surface area contributed by atoms with Gasteiger partial charge in [0.15, 0.2) is 0 Å². The van der Waals surface area contributed by atoms with E-state index < -0.39 is 0 Å². The standard InChI is InChI=1S/C18H21Cl/c1-3-16(17-9-4-14(2)5-10-17)11-6-15-7-12-18(19)13-8-15/h4-5,7-10,12-13,16H,3,6,11H2,1-2H3. The maximum Gasteiger partial charge on any atom is 0.0406 e. The van der Waals surface area contributed by atoms with Crippen molar-refractivity contribution in [2.45, 2.75) is 39.0 Å². The van der Waals surface area contributed by atoms with Crippen LogP contribution in [-0.2, 0) is 6.42 Å². The summed E-state index contributed by atoms with van der Waals surface area (Å²) in [5.74, 6) is 0.649. The molecule has 2 aromatic carbocycles. The van der Waals surface area contributed by atoms with Crippen molar-refractivity contribution in [2.75, 3.05) is 0 Å². The molecule has 0 heterocycles. The van der Waals surface area contributed by atoms with Crippen LogP contribution in [-0.4, -0.2) is 0 Å². The molecule has 0 fully saturated rings. The summed E-state index contributed by atoms with van der Waals surface area (Å²) in [4.78, 5) is 0. The molecule has 1 unspecified atom stereocenters. The zero-order chi connectivity index (χ0) is 13.7. The van der Waals surface area contributed by atoms with E-state index in [-0.39, 0.29) is 0 Å². The molecule has 2 aromatic rings. The van der Waals surface area contributed by atoms with E-state index in [2.05, 4.69) is 50.2 Å². The van der Waals surface area contributed by atoms with Gasteiger partial charge in [-0.25, -0.2) is 0 Å². The first-order chi connectivity index (χ1) is 9.19. The molecule has 0 N–H and O–H groups in total. The lowest BCUT2D eigenvalue weighted by Crippen LogP contribution is -1.99. The number of aryl methyl sites for hydroxylation is 2. The van der Waals surface area contributed by atoms with Gasteiger partial charge >= 0.3 is 0 Å². The highest BCUT2D eigenvalue weighted by atomic mass is 35.5. The molecule has 0 saturated heterocycles. The maximum absolute atomic E-state index is 5.91.